The number of ether oxygens (including phenoxy) is 1. The Bertz CT molecular complexity index is 380. The predicted molar refractivity (Wildman–Crippen MR) is 66.1 cm³/mol. The summed E-state index contributed by atoms with van der Waals surface area (Å²) >= 11 is 0. The quantitative estimate of drug-likeness (QED) is 0.730. The fourth-order valence-corrected chi connectivity index (χ4v) is 1.31. The van der Waals surface area contributed by atoms with E-state index in [9.17, 15) is 4.79 Å². The van der Waals surface area contributed by atoms with Gasteiger partial charge < -0.3 is 9.64 Å². The lowest BCUT2D eigenvalue weighted by atomic mass is 10.1. The topological polar surface area (TPSA) is 55.3 Å². The third-order valence-corrected chi connectivity index (χ3v) is 2.45. The van der Waals surface area contributed by atoms with Gasteiger partial charge in [-0.1, -0.05) is 13.8 Å². The molecule has 0 saturated heterocycles. The van der Waals surface area contributed by atoms with Crippen LogP contribution >= 0.6 is 0 Å². The smallest absolute Gasteiger partial charge is 0.358 e. The second kappa shape index (κ2) is 6.18. The SMILES string of the molecule is COC(=O)c1cncc(N(C)CCC(C)C)n1. The summed E-state index contributed by atoms with van der Waals surface area (Å²) in [6, 6.07) is 0. The molecule has 1 aromatic rings. The third-order valence-electron chi connectivity index (χ3n) is 2.45. The summed E-state index contributed by atoms with van der Waals surface area (Å²) < 4.78 is 4.61. The molecule has 0 aliphatic heterocycles. The van der Waals surface area contributed by atoms with E-state index in [0.717, 1.165) is 13.0 Å². The molecule has 0 aromatic carbocycles. The van der Waals surface area contributed by atoms with Gasteiger partial charge in [0.25, 0.3) is 0 Å². The molecule has 0 fully saturated rings. The molecule has 0 atom stereocenters. The monoisotopic (exact) mass is 237 g/mol. The Balaban J connectivity index is 2.73. The molecule has 0 radical (unpaired) electrons. The second-order valence-corrected chi connectivity index (χ2v) is 4.36. The fourth-order valence-electron chi connectivity index (χ4n) is 1.31. The van der Waals surface area contributed by atoms with Crippen molar-refractivity contribution >= 4 is 11.8 Å². The van der Waals surface area contributed by atoms with Crippen LogP contribution in [0.25, 0.3) is 0 Å². The van der Waals surface area contributed by atoms with Gasteiger partial charge in [0.2, 0.25) is 0 Å². The first-order valence-corrected chi connectivity index (χ1v) is 5.66. The number of methoxy groups -OCH3 is 1. The molecule has 5 heteroatoms. The number of rotatable bonds is 5. The van der Waals surface area contributed by atoms with Crippen LogP contribution in [0, 0.1) is 5.92 Å². The summed E-state index contributed by atoms with van der Waals surface area (Å²) in [6.45, 7) is 5.23. The van der Waals surface area contributed by atoms with E-state index >= 15 is 0 Å². The van der Waals surface area contributed by atoms with Gasteiger partial charge in [0.05, 0.1) is 19.5 Å². The van der Waals surface area contributed by atoms with Crippen LogP contribution in [-0.4, -0.2) is 36.6 Å². The molecule has 0 bridgehead atoms. The zero-order valence-electron chi connectivity index (χ0n) is 10.8. The van der Waals surface area contributed by atoms with Gasteiger partial charge in [0.15, 0.2) is 5.69 Å². The minimum absolute atomic E-state index is 0.237. The lowest BCUT2D eigenvalue weighted by Gasteiger charge is -2.19. The van der Waals surface area contributed by atoms with Crippen LogP contribution in [0.4, 0.5) is 5.82 Å². The molecule has 1 aromatic heterocycles. The average molecular weight is 237 g/mol. The lowest BCUT2D eigenvalue weighted by Crippen LogP contribution is -2.22. The van der Waals surface area contributed by atoms with E-state index in [4.69, 9.17) is 0 Å². The molecule has 0 amide bonds. The Morgan fingerprint density at radius 2 is 2.18 bits per heavy atom. The Kier molecular flexibility index (Phi) is 4.87. The number of nitrogens with zero attached hydrogens (tertiary/aromatic N) is 3. The Morgan fingerprint density at radius 3 is 2.76 bits per heavy atom. The van der Waals surface area contributed by atoms with Crippen molar-refractivity contribution in [3.05, 3.63) is 18.1 Å². The van der Waals surface area contributed by atoms with Gasteiger partial charge in [-0.25, -0.2) is 9.78 Å². The van der Waals surface area contributed by atoms with E-state index in [0.29, 0.717) is 11.7 Å². The normalized spacial score (nSPS) is 10.4. The minimum Gasteiger partial charge on any atom is -0.464 e. The standard InChI is InChI=1S/C12H19N3O2/c1-9(2)5-6-15(3)11-8-13-7-10(14-11)12(16)17-4/h7-9H,5-6H2,1-4H3. The number of aromatic nitrogens is 2. The molecule has 1 heterocycles. The highest BCUT2D eigenvalue weighted by Gasteiger charge is 2.10. The van der Waals surface area contributed by atoms with Crippen molar-refractivity contribution in [2.75, 3.05) is 25.6 Å². The number of hydrogen-bond donors (Lipinski definition) is 0. The molecule has 0 N–H and O–H groups in total. The van der Waals surface area contributed by atoms with Crippen LogP contribution < -0.4 is 4.90 Å². The van der Waals surface area contributed by atoms with E-state index < -0.39 is 5.97 Å². The number of esters is 1. The number of anilines is 1. The van der Waals surface area contributed by atoms with Crippen molar-refractivity contribution in [1.82, 2.24) is 9.97 Å². The molecule has 0 unspecified atom stereocenters. The summed E-state index contributed by atoms with van der Waals surface area (Å²) in [5, 5.41) is 0. The number of carbonyl (C=O) groups is 1. The third kappa shape index (κ3) is 4.01. The first kappa shape index (κ1) is 13.4. The van der Waals surface area contributed by atoms with E-state index in [1.807, 2.05) is 11.9 Å². The highest BCUT2D eigenvalue weighted by molar-refractivity contribution is 5.87. The Morgan fingerprint density at radius 1 is 1.47 bits per heavy atom. The van der Waals surface area contributed by atoms with Crippen LogP contribution in [0.3, 0.4) is 0 Å². The lowest BCUT2D eigenvalue weighted by molar-refractivity contribution is 0.0593. The van der Waals surface area contributed by atoms with Crippen LogP contribution in [0.2, 0.25) is 0 Å². The summed E-state index contributed by atoms with van der Waals surface area (Å²) in [5.74, 6) is 0.861. The van der Waals surface area contributed by atoms with E-state index in [1.54, 1.807) is 6.20 Å². The predicted octanol–water partition coefficient (Wildman–Crippen LogP) is 1.75. The van der Waals surface area contributed by atoms with Crippen molar-refractivity contribution in [3.8, 4) is 0 Å². The van der Waals surface area contributed by atoms with Gasteiger partial charge >= 0.3 is 5.97 Å². The van der Waals surface area contributed by atoms with Crippen LogP contribution in [0.1, 0.15) is 30.8 Å². The first-order chi connectivity index (χ1) is 8.04. The maximum atomic E-state index is 11.3. The fraction of sp³-hybridized carbons (Fsp3) is 0.583. The van der Waals surface area contributed by atoms with Gasteiger partial charge in [0, 0.05) is 13.6 Å². The largest absolute Gasteiger partial charge is 0.464 e. The van der Waals surface area contributed by atoms with E-state index in [-0.39, 0.29) is 5.69 Å². The number of carbonyl (C=O) groups excluding carboxylic acids is 1. The van der Waals surface area contributed by atoms with Crippen LogP contribution in [0.15, 0.2) is 12.4 Å². The van der Waals surface area contributed by atoms with Crippen molar-refractivity contribution in [2.24, 2.45) is 5.92 Å². The van der Waals surface area contributed by atoms with E-state index in [1.165, 1.54) is 13.3 Å². The molecule has 0 saturated carbocycles. The molecule has 17 heavy (non-hydrogen) atoms. The second-order valence-electron chi connectivity index (χ2n) is 4.36. The van der Waals surface area contributed by atoms with Crippen molar-refractivity contribution < 1.29 is 9.53 Å². The van der Waals surface area contributed by atoms with Gasteiger partial charge in [0.1, 0.15) is 5.82 Å². The zero-order chi connectivity index (χ0) is 12.8. The van der Waals surface area contributed by atoms with E-state index in [2.05, 4.69) is 28.6 Å². The zero-order valence-corrected chi connectivity index (χ0v) is 10.8. The highest BCUT2D eigenvalue weighted by Crippen LogP contribution is 2.10. The molecule has 0 aliphatic rings. The minimum atomic E-state index is -0.461. The molecular formula is C12H19N3O2. The summed E-state index contributed by atoms with van der Waals surface area (Å²) in [6.07, 6.45) is 4.12. The molecule has 1 rings (SSSR count). The number of hydrogen-bond acceptors (Lipinski definition) is 5. The van der Waals surface area contributed by atoms with Crippen LogP contribution in [-0.2, 0) is 4.74 Å². The molecule has 0 spiro atoms. The molecule has 94 valence electrons. The Hall–Kier alpha value is -1.65. The Labute approximate surface area is 102 Å². The summed E-state index contributed by atoms with van der Waals surface area (Å²) in [4.78, 5) is 21.5. The molecule has 0 aliphatic carbocycles. The van der Waals surface area contributed by atoms with Gasteiger partial charge in [-0.3, -0.25) is 4.98 Å². The highest BCUT2D eigenvalue weighted by atomic mass is 16.5. The van der Waals surface area contributed by atoms with Crippen molar-refractivity contribution in [3.63, 3.8) is 0 Å². The first-order valence-electron chi connectivity index (χ1n) is 5.66. The average Bonchev–Trinajstić information content (AvgIpc) is 2.35. The van der Waals surface area contributed by atoms with Crippen molar-refractivity contribution in [1.29, 1.82) is 0 Å². The van der Waals surface area contributed by atoms with Crippen LogP contribution in [0.5, 0.6) is 0 Å². The maximum Gasteiger partial charge on any atom is 0.358 e. The van der Waals surface area contributed by atoms with Crippen molar-refractivity contribution in [2.45, 2.75) is 20.3 Å². The summed E-state index contributed by atoms with van der Waals surface area (Å²) in [5.41, 5.74) is 0.237. The van der Waals surface area contributed by atoms with Gasteiger partial charge in [-0.15, -0.1) is 0 Å². The van der Waals surface area contributed by atoms with Gasteiger partial charge in [-0.05, 0) is 12.3 Å². The molecule has 5 nitrogen and oxygen atoms in total. The maximum absolute atomic E-state index is 11.3. The summed E-state index contributed by atoms with van der Waals surface area (Å²) in [7, 11) is 3.27. The molecular weight excluding hydrogens is 218 g/mol. The van der Waals surface area contributed by atoms with Gasteiger partial charge in [-0.2, -0.15) is 0 Å².